The molecule has 2 aromatic carbocycles. The SMILES string of the molecule is CCS(=O)(=O)c1ccccc1C(=O)N(CCN(C)C)c1nc2c(C)cccc2s1.Cl. The molecule has 0 saturated carbocycles. The number of aryl methyl sites for hydroxylation is 1. The first kappa shape index (κ1) is 24.3. The van der Waals surface area contributed by atoms with Crippen LogP contribution in [0, 0.1) is 6.92 Å². The monoisotopic (exact) mass is 467 g/mol. The lowest BCUT2D eigenvalue weighted by Crippen LogP contribution is -2.37. The van der Waals surface area contributed by atoms with Gasteiger partial charge < -0.3 is 4.90 Å². The third-order valence-electron chi connectivity index (χ3n) is 4.69. The van der Waals surface area contributed by atoms with E-state index in [1.165, 1.54) is 17.4 Å². The largest absolute Gasteiger partial charge is 0.308 e. The molecule has 1 aromatic heterocycles. The molecule has 0 unspecified atom stereocenters. The molecule has 9 heteroatoms. The van der Waals surface area contributed by atoms with Crippen molar-refractivity contribution in [2.45, 2.75) is 18.7 Å². The maximum absolute atomic E-state index is 13.5. The van der Waals surface area contributed by atoms with Gasteiger partial charge in [0.15, 0.2) is 15.0 Å². The van der Waals surface area contributed by atoms with Gasteiger partial charge in [0.1, 0.15) is 0 Å². The second kappa shape index (κ2) is 9.87. The van der Waals surface area contributed by atoms with Crippen molar-refractivity contribution in [2.24, 2.45) is 0 Å². The summed E-state index contributed by atoms with van der Waals surface area (Å²) in [5, 5.41) is 0.574. The van der Waals surface area contributed by atoms with Gasteiger partial charge >= 0.3 is 0 Å². The summed E-state index contributed by atoms with van der Waals surface area (Å²) in [6.45, 7) is 4.60. The van der Waals surface area contributed by atoms with Crippen molar-refractivity contribution >= 4 is 54.8 Å². The number of benzene rings is 2. The van der Waals surface area contributed by atoms with Gasteiger partial charge in [0.2, 0.25) is 0 Å². The first-order valence-electron chi connectivity index (χ1n) is 9.39. The van der Waals surface area contributed by atoms with Crippen LogP contribution in [0.5, 0.6) is 0 Å². The fourth-order valence-corrected chi connectivity index (χ4v) is 5.14. The summed E-state index contributed by atoms with van der Waals surface area (Å²) in [4.78, 5) is 21.9. The van der Waals surface area contributed by atoms with Gasteiger partial charge in [0.25, 0.3) is 5.91 Å². The van der Waals surface area contributed by atoms with Crippen molar-refractivity contribution in [3.8, 4) is 0 Å². The number of nitrogens with zero attached hydrogens (tertiary/aromatic N) is 3. The van der Waals surface area contributed by atoms with Crippen LogP contribution in [0.25, 0.3) is 10.2 Å². The number of thiazole rings is 1. The zero-order valence-corrected chi connectivity index (χ0v) is 19.9. The third kappa shape index (κ3) is 5.00. The van der Waals surface area contributed by atoms with Gasteiger partial charge in [0.05, 0.1) is 26.4 Å². The quantitative estimate of drug-likeness (QED) is 0.524. The second-order valence-corrected chi connectivity index (χ2v) is 10.3. The Labute approximate surface area is 187 Å². The van der Waals surface area contributed by atoms with E-state index in [-0.39, 0.29) is 34.5 Å². The van der Waals surface area contributed by atoms with Crippen LogP contribution < -0.4 is 4.90 Å². The van der Waals surface area contributed by atoms with Crippen LogP contribution in [0.4, 0.5) is 5.13 Å². The molecular formula is C21H26ClN3O3S2. The van der Waals surface area contributed by atoms with E-state index in [4.69, 9.17) is 4.98 Å². The first-order valence-corrected chi connectivity index (χ1v) is 11.9. The molecule has 0 saturated heterocycles. The molecule has 0 aliphatic rings. The van der Waals surface area contributed by atoms with E-state index in [1.807, 2.05) is 44.1 Å². The van der Waals surface area contributed by atoms with Crippen LogP contribution in [0.3, 0.4) is 0 Å². The topological polar surface area (TPSA) is 70.6 Å². The van der Waals surface area contributed by atoms with Gasteiger partial charge in [-0.15, -0.1) is 12.4 Å². The minimum atomic E-state index is -3.53. The lowest BCUT2D eigenvalue weighted by Gasteiger charge is -2.23. The predicted molar refractivity (Wildman–Crippen MR) is 126 cm³/mol. The lowest BCUT2D eigenvalue weighted by molar-refractivity contribution is 0.0982. The standard InChI is InChI=1S/C21H25N3O3S2.ClH/c1-5-29(26,27)18-12-7-6-10-16(18)20(25)24(14-13-23(3)4)21-22-19-15(2)9-8-11-17(19)28-21;/h6-12H,5,13-14H2,1-4H3;1H. The van der Waals surface area contributed by atoms with E-state index in [0.29, 0.717) is 18.2 Å². The third-order valence-corrected chi connectivity index (χ3v) is 7.52. The number of amides is 1. The molecule has 1 amide bonds. The molecule has 0 aliphatic heterocycles. The number of anilines is 1. The van der Waals surface area contributed by atoms with Crippen molar-refractivity contribution in [3.63, 3.8) is 0 Å². The van der Waals surface area contributed by atoms with E-state index < -0.39 is 9.84 Å². The number of sulfone groups is 1. The van der Waals surface area contributed by atoms with E-state index in [1.54, 1.807) is 30.0 Å². The van der Waals surface area contributed by atoms with E-state index in [2.05, 4.69) is 0 Å². The molecule has 3 aromatic rings. The average Bonchev–Trinajstić information content (AvgIpc) is 3.13. The number of hydrogen-bond acceptors (Lipinski definition) is 6. The normalized spacial score (nSPS) is 11.5. The van der Waals surface area contributed by atoms with Crippen LogP contribution in [0.15, 0.2) is 47.4 Å². The van der Waals surface area contributed by atoms with Crippen LogP contribution in [-0.4, -0.2) is 57.1 Å². The summed E-state index contributed by atoms with van der Waals surface area (Å²) < 4.78 is 26.1. The highest BCUT2D eigenvalue weighted by atomic mass is 35.5. The van der Waals surface area contributed by atoms with E-state index >= 15 is 0 Å². The molecule has 0 N–H and O–H groups in total. The number of likely N-dealkylation sites (N-methyl/N-ethyl adjacent to an activating group) is 1. The van der Waals surface area contributed by atoms with Gasteiger partial charge in [-0.3, -0.25) is 9.69 Å². The Hall–Kier alpha value is -2.00. The number of fused-ring (bicyclic) bond motifs is 1. The predicted octanol–water partition coefficient (Wildman–Crippen LogP) is 4.03. The molecule has 0 aliphatic carbocycles. The number of carbonyl (C=O) groups is 1. The first-order chi connectivity index (χ1) is 13.7. The molecule has 3 rings (SSSR count). The molecule has 1 heterocycles. The zero-order chi connectivity index (χ0) is 21.2. The Morgan fingerprint density at radius 3 is 2.40 bits per heavy atom. The molecule has 0 fully saturated rings. The fraction of sp³-hybridized carbons (Fsp3) is 0.333. The molecule has 0 atom stereocenters. The maximum atomic E-state index is 13.5. The fourth-order valence-electron chi connectivity index (χ4n) is 2.99. The van der Waals surface area contributed by atoms with Crippen molar-refractivity contribution < 1.29 is 13.2 Å². The van der Waals surface area contributed by atoms with Gasteiger partial charge in [0, 0.05) is 13.1 Å². The number of carbonyl (C=O) groups excluding carboxylic acids is 1. The van der Waals surface area contributed by atoms with E-state index in [9.17, 15) is 13.2 Å². The zero-order valence-electron chi connectivity index (χ0n) is 17.5. The number of hydrogen-bond donors (Lipinski definition) is 0. The molecule has 162 valence electrons. The Balaban J connectivity index is 0.00000320. The van der Waals surface area contributed by atoms with E-state index in [0.717, 1.165) is 15.8 Å². The summed E-state index contributed by atoms with van der Waals surface area (Å²) in [6.07, 6.45) is 0. The smallest absolute Gasteiger partial charge is 0.261 e. The molecule has 0 spiro atoms. The maximum Gasteiger partial charge on any atom is 0.261 e. The van der Waals surface area contributed by atoms with Crippen molar-refractivity contribution in [1.82, 2.24) is 9.88 Å². The average molecular weight is 468 g/mol. The summed E-state index contributed by atoms with van der Waals surface area (Å²) >= 11 is 1.44. The van der Waals surface area contributed by atoms with Crippen LogP contribution in [0.1, 0.15) is 22.8 Å². The van der Waals surface area contributed by atoms with Crippen molar-refractivity contribution in [1.29, 1.82) is 0 Å². The summed E-state index contributed by atoms with van der Waals surface area (Å²) in [6, 6.07) is 12.3. The van der Waals surface area contributed by atoms with Gasteiger partial charge in [-0.1, -0.05) is 42.5 Å². The second-order valence-electron chi connectivity index (χ2n) is 7.08. The number of rotatable bonds is 7. The molecule has 6 nitrogen and oxygen atoms in total. The lowest BCUT2D eigenvalue weighted by atomic mass is 10.2. The van der Waals surface area contributed by atoms with Crippen LogP contribution in [-0.2, 0) is 9.84 Å². The van der Waals surface area contributed by atoms with Crippen LogP contribution in [0.2, 0.25) is 0 Å². The number of aromatic nitrogens is 1. The van der Waals surface area contributed by atoms with Gasteiger partial charge in [-0.05, 0) is 44.8 Å². The Morgan fingerprint density at radius 2 is 1.77 bits per heavy atom. The Morgan fingerprint density at radius 1 is 1.07 bits per heavy atom. The van der Waals surface area contributed by atoms with Gasteiger partial charge in [-0.2, -0.15) is 0 Å². The minimum absolute atomic E-state index is 0. The molecular weight excluding hydrogens is 442 g/mol. The molecule has 0 bridgehead atoms. The minimum Gasteiger partial charge on any atom is -0.308 e. The Bertz CT molecular complexity index is 1140. The highest BCUT2D eigenvalue weighted by molar-refractivity contribution is 7.91. The molecule has 30 heavy (non-hydrogen) atoms. The number of para-hydroxylation sites is 1. The summed E-state index contributed by atoms with van der Waals surface area (Å²) in [7, 11) is 0.335. The Kier molecular flexibility index (Phi) is 7.99. The van der Waals surface area contributed by atoms with Crippen molar-refractivity contribution in [3.05, 3.63) is 53.6 Å². The van der Waals surface area contributed by atoms with Gasteiger partial charge in [-0.25, -0.2) is 13.4 Å². The number of halogens is 1. The highest BCUT2D eigenvalue weighted by Crippen LogP contribution is 2.32. The summed E-state index contributed by atoms with van der Waals surface area (Å²) in [5.74, 6) is -0.411. The molecule has 0 radical (unpaired) electrons. The summed E-state index contributed by atoms with van der Waals surface area (Å²) in [5.41, 5.74) is 2.09. The van der Waals surface area contributed by atoms with Crippen LogP contribution >= 0.6 is 23.7 Å². The van der Waals surface area contributed by atoms with Crippen molar-refractivity contribution in [2.75, 3.05) is 37.8 Å². The highest BCUT2D eigenvalue weighted by Gasteiger charge is 2.27.